The monoisotopic (exact) mass is 399 g/mol. The summed E-state index contributed by atoms with van der Waals surface area (Å²) in [5, 5.41) is 14.1. The maximum Gasteiger partial charge on any atom is 0.289 e. The average molecular weight is 401 g/mol. The van der Waals surface area contributed by atoms with Gasteiger partial charge in [-0.05, 0) is 19.1 Å². The van der Waals surface area contributed by atoms with Crippen molar-refractivity contribution < 1.29 is 13.3 Å². The number of piperazine rings is 1. The lowest BCUT2D eigenvalue weighted by Crippen LogP contribution is -2.52. The van der Waals surface area contributed by atoms with Crippen molar-refractivity contribution in [3.05, 3.63) is 32.8 Å². The summed E-state index contributed by atoms with van der Waals surface area (Å²) in [6.45, 7) is 3.13. The number of nitro groups is 1. The maximum absolute atomic E-state index is 12.6. The first-order chi connectivity index (χ1) is 9.34. The fraction of sp³-hybridized carbons (Fsp3) is 0.455. The van der Waals surface area contributed by atoms with Crippen molar-refractivity contribution in [1.29, 1.82) is 0 Å². The van der Waals surface area contributed by atoms with Gasteiger partial charge in [-0.25, -0.2) is 8.42 Å². The second-order valence-electron chi connectivity index (χ2n) is 4.54. The van der Waals surface area contributed by atoms with Crippen molar-refractivity contribution in [3.63, 3.8) is 0 Å². The highest BCUT2D eigenvalue weighted by Crippen LogP contribution is 2.30. The highest BCUT2D eigenvalue weighted by atomic mass is 79.9. The van der Waals surface area contributed by atoms with Crippen LogP contribution in [0, 0.1) is 10.1 Å². The number of nitro benzene ring substituents is 1. The Hall–Kier alpha value is -0.740. The third-order valence-corrected chi connectivity index (χ3v) is 5.68. The Kier molecular flexibility index (Phi) is 6.11. The SMILES string of the molecule is CC1CNCCN1S(=O)(=O)c1cc(Br)ccc1[N+](=O)[O-].Cl. The van der Waals surface area contributed by atoms with E-state index in [4.69, 9.17) is 0 Å². The molecule has 1 aliphatic rings. The molecule has 1 saturated heterocycles. The van der Waals surface area contributed by atoms with Gasteiger partial charge in [0.15, 0.2) is 4.90 Å². The minimum atomic E-state index is -3.89. The summed E-state index contributed by atoms with van der Waals surface area (Å²) in [6.07, 6.45) is 0. The molecule has 1 atom stereocenters. The van der Waals surface area contributed by atoms with Crippen LogP contribution in [-0.4, -0.2) is 43.3 Å². The summed E-state index contributed by atoms with van der Waals surface area (Å²) in [5.74, 6) is 0. The van der Waals surface area contributed by atoms with Gasteiger partial charge in [-0.2, -0.15) is 4.31 Å². The molecule has 0 amide bonds. The van der Waals surface area contributed by atoms with E-state index in [0.717, 1.165) is 0 Å². The lowest BCUT2D eigenvalue weighted by molar-refractivity contribution is -0.387. The summed E-state index contributed by atoms with van der Waals surface area (Å²) in [5.41, 5.74) is -0.404. The van der Waals surface area contributed by atoms with Gasteiger partial charge in [0.1, 0.15) is 0 Å². The molecule has 1 aromatic rings. The first-order valence-electron chi connectivity index (χ1n) is 6.00. The van der Waals surface area contributed by atoms with E-state index < -0.39 is 20.6 Å². The molecule has 1 unspecified atom stereocenters. The summed E-state index contributed by atoms with van der Waals surface area (Å²) in [6, 6.07) is 3.69. The van der Waals surface area contributed by atoms with Crippen LogP contribution < -0.4 is 5.32 Å². The number of benzene rings is 1. The molecule has 1 aromatic carbocycles. The van der Waals surface area contributed by atoms with Crippen LogP contribution >= 0.6 is 28.3 Å². The molecule has 118 valence electrons. The summed E-state index contributed by atoms with van der Waals surface area (Å²) >= 11 is 3.16. The molecule has 0 radical (unpaired) electrons. The van der Waals surface area contributed by atoms with Gasteiger partial charge in [-0.3, -0.25) is 10.1 Å². The third-order valence-electron chi connectivity index (χ3n) is 3.15. The summed E-state index contributed by atoms with van der Waals surface area (Å²) < 4.78 is 27.1. The van der Waals surface area contributed by atoms with Crippen LogP contribution in [-0.2, 0) is 10.0 Å². The highest BCUT2D eigenvalue weighted by molar-refractivity contribution is 9.10. The normalized spacial score (nSPS) is 19.8. The van der Waals surface area contributed by atoms with Crippen molar-refractivity contribution in [3.8, 4) is 0 Å². The van der Waals surface area contributed by atoms with E-state index in [-0.39, 0.29) is 23.3 Å². The Morgan fingerprint density at radius 1 is 1.48 bits per heavy atom. The molecule has 7 nitrogen and oxygen atoms in total. The van der Waals surface area contributed by atoms with Crippen molar-refractivity contribution in [1.82, 2.24) is 9.62 Å². The zero-order valence-electron chi connectivity index (χ0n) is 11.2. The van der Waals surface area contributed by atoms with Crippen molar-refractivity contribution >= 4 is 44.0 Å². The number of halogens is 2. The standard InChI is InChI=1S/C11H14BrN3O4S.ClH/c1-8-7-13-4-5-14(8)20(18,19)11-6-9(12)2-3-10(11)15(16)17;/h2-3,6,8,13H,4-5,7H2,1H3;1H. The number of sulfonamides is 1. The molecule has 0 bridgehead atoms. The predicted molar refractivity (Wildman–Crippen MR) is 84.3 cm³/mol. The van der Waals surface area contributed by atoms with Crippen LogP contribution in [0.4, 0.5) is 5.69 Å². The molecule has 1 fully saturated rings. The minimum absolute atomic E-state index is 0. The average Bonchev–Trinajstić information content (AvgIpc) is 2.38. The lowest BCUT2D eigenvalue weighted by atomic mass is 10.3. The molecular formula is C11H15BrClN3O4S. The van der Waals surface area contributed by atoms with Crippen molar-refractivity contribution in [2.45, 2.75) is 17.9 Å². The molecular weight excluding hydrogens is 386 g/mol. The molecule has 2 rings (SSSR count). The molecule has 0 saturated carbocycles. The van der Waals surface area contributed by atoms with Gasteiger partial charge in [0.25, 0.3) is 5.69 Å². The van der Waals surface area contributed by atoms with E-state index >= 15 is 0 Å². The topological polar surface area (TPSA) is 92.6 Å². The summed E-state index contributed by atoms with van der Waals surface area (Å²) in [4.78, 5) is 10.1. The smallest absolute Gasteiger partial charge is 0.289 e. The zero-order valence-corrected chi connectivity index (χ0v) is 14.4. The van der Waals surface area contributed by atoms with Gasteiger partial charge >= 0.3 is 0 Å². The van der Waals surface area contributed by atoms with Gasteiger partial charge in [0, 0.05) is 36.2 Å². The molecule has 1 aliphatic heterocycles. The van der Waals surface area contributed by atoms with Crippen LogP contribution in [0.25, 0.3) is 0 Å². The van der Waals surface area contributed by atoms with Gasteiger partial charge in [0.2, 0.25) is 10.0 Å². The molecule has 1 heterocycles. The minimum Gasteiger partial charge on any atom is -0.314 e. The molecule has 0 aliphatic carbocycles. The Morgan fingerprint density at radius 2 is 2.14 bits per heavy atom. The van der Waals surface area contributed by atoms with E-state index in [1.165, 1.54) is 22.5 Å². The third kappa shape index (κ3) is 3.72. The van der Waals surface area contributed by atoms with Crippen LogP contribution in [0.1, 0.15) is 6.92 Å². The largest absolute Gasteiger partial charge is 0.314 e. The highest BCUT2D eigenvalue weighted by Gasteiger charge is 2.35. The first-order valence-corrected chi connectivity index (χ1v) is 8.24. The van der Waals surface area contributed by atoms with Gasteiger partial charge in [-0.1, -0.05) is 15.9 Å². The lowest BCUT2D eigenvalue weighted by Gasteiger charge is -2.32. The Balaban J connectivity index is 0.00000220. The molecule has 21 heavy (non-hydrogen) atoms. The van der Waals surface area contributed by atoms with Gasteiger partial charge < -0.3 is 5.32 Å². The van der Waals surface area contributed by atoms with Crippen LogP contribution in [0.5, 0.6) is 0 Å². The number of hydrogen-bond donors (Lipinski definition) is 1. The molecule has 10 heteroatoms. The van der Waals surface area contributed by atoms with E-state index in [0.29, 0.717) is 24.1 Å². The Bertz CT molecular complexity index is 640. The van der Waals surface area contributed by atoms with E-state index in [9.17, 15) is 18.5 Å². The van der Waals surface area contributed by atoms with Gasteiger partial charge in [-0.15, -0.1) is 12.4 Å². The maximum atomic E-state index is 12.6. The zero-order chi connectivity index (χ0) is 14.9. The van der Waals surface area contributed by atoms with Crippen LogP contribution in [0.2, 0.25) is 0 Å². The van der Waals surface area contributed by atoms with Crippen molar-refractivity contribution in [2.75, 3.05) is 19.6 Å². The molecule has 1 N–H and O–H groups in total. The van der Waals surface area contributed by atoms with E-state index in [1.807, 2.05) is 0 Å². The van der Waals surface area contributed by atoms with Gasteiger partial charge in [0.05, 0.1) is 4.92 Å². The second-order valence-corrected chi connectivity index (χ2v) is 7.31. The predicted octanol–water partition coefficient (Wildman–Crippen LogP) is 1.76. The summed E-state index contributed by atoms with van der Waals surface area (Å²) in [7, 11) is -3.89. The Morgan fingerprint density at radius 3 is 2.71 bits per heavy atom. The number of nitrogens with zero attached hydrogens (tertiary/aromatic N) is 2. The van der Waals surface area contributed by atoms with Crippen LogP contribution in [0.15, 0.2) is 27.6 Å². The fourth-order valence-electron chi connectivity index (χ4n) is 2.15. The Labute approximate surface area is 137 Å². The fourth-order valence-corrected chi connectivity index (χ4v) is 4.48. The van der Waals surface area contributed by atoms with Crippen LogP contribution in [0.3, 0.4) is 0 Å². The number of nitrogens with one attached hydrogen (secondary N) is 1. The number of rotatable bonds is 3. The number of hydrogen-bond acceptors (Lipinski definition) is 5. The van der Waals surface area contributed by atoms with E-state index in [1.54, 1.807) is 6.92 Å². The molecule has 0 spiro atoms. The quantitative estimate of drug-likeness (QED) is 0.616. The van der Waals surface area contributed by atoms with Crippen molar-refractivity contribution in [2.24, 2.45) is 0 Å². The molecule has 0 aromatic heterocycles. The first kappa shape index (κ1) is 18.3. The van der Waals surface area contributed by atoms with E-state index in [2.05, 4.69) is 21.2 Å². The second kappa shape index (κ2) is 7.01.